The minimum atomic E-state index is -4.42. The van der Waals surface area contributed by atoms with Gasteiger partial charge in [-0.1, -0.05) is 18.2 Å². The second kappa shape index (κ2) is 7.46. The average Bonchev–Trinajstić information content (AvgIpc) is 2.59. The molecule has 0 aromatic heterocycles. The fourth-order valence-electron chi connectivity index (χ4n) is 2.22. The highest BCUT2D eigenvalue weighted by Crippen LogP contribution is 2.29. The zero-order chi connectivity index (χ0) is 19.5. The maximum absolute atomic E-state index is 12.5. The maximum Gasteiger partial charge on any atom is 0.416 e. The molecule has 0 radical (unpaired) electrons. The highest BCUT2D eigenvalue weighted by atomic mass is 32.2. The van der Waals surface area contributed by atoms with E-state index in [-0.39, 0.29) is 17.0 Å². The van der Waals surface area contributed by atoms with Crippen LogP contribution in [-0.2, 0) is 22.7 Å². The first kappa shape index (κ1) is 19.9. The van der Waals surface area contributed by atoms with Crippen LogP contribution in [0.15, 0.2) is 47.4 Å². The molecule has 0 unspecified atom stereocenters. The van der Waals surface area contributed by atoms with Crippen LogP contribution in [0.25, 0.3) is 0 Å². The van der Waals surface area contributed by atoms with E-state index < -0.39 is 27.7 Å². The molecule has 26 heavy (non-hydrogen) atoms. The van der Waals surface area contributed by atoms with E-state index in [2.05, 4.69) is 10.0 Å². The van der Waals surface area contributed by atoms with E-state index in [4.69, 9.17) is 0 Å². The third kappa shape index (κ3) is 4.61. The smallest absolute Gasteiger partial charge is 0.348 e. The lowest BCUT2D eigenvalue weighted by molar-refractivity contribution is -0.137. The molecule has 0 aliphatic carbocycles. The molecule has 2 aromatic carbocycles. The molecule has 0 fully saturated rings. The van der Waals surface area contributed by atoms with Crippen LogP contribution in [0, 0.1) is 6.92 Å². The van der Waals surface area contributed by atoms with Crippen LogP contribution in [0.4, 0.5) is 13.2 Å². The minimum absolute atomic E-state index is 0.0133. The summed E-state index contributed by atoms with van der Waals surface area (Å²) in [4.78, 5) is 12.3. The van der Waals surface area contributed by atoms with Crippen molar-refractivity contribution in [3.8, 4) is 0 Å². The van der Waals surface area contributed by atoms with Crippen molar-refractivity contribution in [2.75, 3.05) is 7.05 Å². The number of rotatable bonds is 5. The predicted octanol–water partition coefficient (Wildman–Crippen LogP) is 2.85. The Kier molecular flexibility index (Phi) is 5.72. The van der Waals surface area contributed by atoms with Crippen molar-refractivity contribution < 1.29 is 26.4 Å². The molecule has 5 nitrogen and oxygen atoms in total. The maximum atomic E-state index is 12.5. The zero-order valence-electron chi connectivity index (χ0n) is 14.0. The van der Waals surface area contributed by atoms with Crippen LogP contribution in [0.1, 0.15) is 27.0 Å². The van der Waals surface area contributed by atoms with Crippen LogP contribution in [-0.4, -0.2) is 21.4 Å². The fraction of sp³-hybridized carbons (Fsp3) is 0.235. The van der Waals surface area contributed by atoms with Crippen LogP contribution in [0.5, 0.6) is 0 Å². The molecule has 0 saturated heterocycles. The van der Waals surface area contributed by atoms with Crippen molar-refractivity contribution in [3.05, 3.63) is 64.7 Å². The first-order chi connectivity index (χ1) is 12.0. The van der Waals surface area contributed by atoms with Gasteiger partial charge in [0.25, 0.3) is 5.91 Å². The van der Waals surface area contributed by atoms with Gasteiger partial charge in [0.15, 0.2) is 0 Å². The third-order valence-corrected chi connectivity index (χ3v) is 5.18. The van der Waals surface area contributed by atoms with Crippen molar-refractivity contribution in [1.29, 1.82) is 0 Å². The number of nitrogens with one attached hydrogen (secondary N) is 2. The molecule has 0 saturated carbocycles. The summed E-state index contributed by atoms with van der Waals surface area (Å²) in [7, 11) is -2.43. The Bertz CT molecular complexity index is 908. The van der Waals surface area contributed by atoms with Gasteiger partial charge >= 0.3 is 6.18 Å². The van der Waals surface area contributed by atoms with Crippen molar-refractivity contribution in [2.24, 2.45) is 0 Å². The van der Waals surface area contributed by atoms with E-state index in [0.29, 0.717) is 11.1 Å². The molecule has 1 amide bonds. The average molecular weight is 386 g/mol. The Morgan fingerprint density at radius 2 is 1.69 bits per heavy atom. The van der Waals surface area contributed by atoms with Crippen molar-refractivity contribution >= 4 is 15.9 Å². The number of benzene rings is 2. The summed E-state index contributed by atoms with van der Waals surface area (Å²) in [6, 6.07) is 8.57. The number of amides is 1. The zero-order valence-corrected chi connectivity index (χ0v) is 14.8. The first-order valence-corrected chi connectivity index (χ1v) is 9.01. The summed E-state index contributed by atoms with van der Waals surface area (Å²) in [5, 5.41) is 2.58. The molecule has 0 bridgehead atoms. The van der Waals surface area contributed by atoms with Crippen LogP contribution in [0.3, 0.4) is 0 Å². The molecule has 2 rings (SSSR count). The van der Waals surface area contributed by atoms with E-state index in [9.17, 15) is 26.4 Å². The molecule has 0 aliphatic rings. The Balaban J connectivity index is 2.14. The fourth-order valence-corrected chi connectivity index (χ4v) is 2.98. The summed E-state index contributed by atoms with van der Waals surface area (Å²) in [6.07, 6.45) is -4.42. The van der Waals surface area contributed by atoms with Gasteiger partial charge in [-0.05, 0) is 49.4 Å². The highest BCUT2D eigenvalue weighted by Gasteiger charge is 2.29. The Morgan fingerprint density at radius 3 is 2.23 bits per heavy atom. The van der Waals surface area contributed by atoms with Crippen molar-refractivity contribution in [1.82, 2.24) is 10.0 Å². The van der Waals surface area contributed by atoms with Gasteiger partial charge in [-0.25, -0.2) is 13.1 Å². The van der Waals surface area contributed by atoms with Crippen LogP contribution < -0.4 is 10.0 Å². The summed E-state index contributed by atoms with van der Waals surface area (Å²) < 4.78 is 63.5. The number of alkyl halides is 3. The Hall–Kier alpha value is -2.39. The third-order valence-electron chi connectivity index (χ3n) is 3.77. The number of hydrogen-bond donors (Lipinski definition) is 2. The second-order valence-electron chi connectivity index (χ2n) is 5.56. The van der Waals surface area contributed by atoms with E-state index in [0.717, 1.165) is 12.1 Å². The summed E-state index contributed by atoms with van der Waals surface area (Å²) in [5.41, 5.74) is 0.467. The molecule has 9 heteroatoms. The standard InChI is InChI=1S/C17H17F3N2O3S/c1-11-3-8-14(26(24,25)21-2)9-15(11)16(23)22-10-12-4-6-13(7-5-12)17(18,19)20/h3-9,21H,10H2,1-2H3,(H,22,23). The van der Waals surface area contributed by atoms with Gasteiger partial charge in [0.1, 0.15) is 0 Å². The SMILES string of the molecule is CNS(=O)(=O)c1ccc(C)c(C(=O)NCc2ccc(C(F)(F)F)cc2)c1. The summed E-state index contributed by atoms with van der Waals surface area (Å²) in [6.45, 7) is 1.67. The van der Waals surface area contributed by atoms with Gasteiger partial charge < -0.3 is 5.32 Å². The Morgan fingerprint density at radius 1 is 1.08 bits per heavy atom. The lowest BCUT2D eigenvalue weighted by Gasteiger charge is -2.11. The summed E-state index contributed by atoms with van der Waals surface area (Å²) >= 11 is 0. The number of carbonyl (C=O) groups excluding carboxylic acids is 1. The number of aryl methyl sites for hydroxylation is 1. The van der Waals surface area contributed by atoms with E-state index in [1.165, 1.54) is 37.4 Å². The van der Waals surface area contributed by atoms with Gasteiger partial charge in [-0.3, -0.25) is 4.79 Å². The molecule has 0 spiro atoms. The monoisotopic (exact) mass is 386 g/mol. The number of carbonyl (C=O) groups is 1. The number of halogens is 3. The number of hydrogen-bond acceptors (Lipinski definition) is 3. The first-order valence-electron chi connectivity index (χ1n) is 7.53. The molecule has 0 atom stereocenters. The van der Waals surface area contributed by atoms with Gasteiger partial charge in [-0.15, -0.1) is 0 Å². The van der Waals surface area contributed by atoms with E-state index >= 15 is 0 Å². The topological polar surface area (TPSA) is 75.3 Å². The van der Waals surface area contributed by atoms with Gasteiger partial charge in [0.05, 0.1) is 10.5 Å². The lowest BCUT2D eigenvalue weighted by atomic mass is 10.1. The predicted molar refractivity (Wildman–Crippen MR) is 90.0 cm³/mol. The Labute approximate surface area is 149 Å². The van der Waals surface area contributed by atoms with Crippen molar-refractivity contribution in [2.45, 2.75) is 24.5 Å². The summed E-state index contributed by atoms with van der Waals surface area (Å²) in [5.74, 6) is -0.518. The second-order valence-corrected chi connectivity index (χ2v) is 7.45. The van der Waals surface area contributed by atoms with Gasteiger partial charge in [0, 0.05) is 12.1 Å². The van der Waals surface area contributed by atoms with Crippen LogP contribution >= 0.6 is 0 Å². The molecule has 140 valence electrons. The highest BCUT2D eigenvalue weighted by molar-refractivity contribution is 7.89. The normalized spacial score (nSPS) is 12.0. The van der Waals surface area contributed by atoms with Crippen molar-refractivity contribution in [3.63, 3.8) is 0 Å². The van der Waals surface area contributed by atoms with Gasteiger partial charge in [0.2, 0.25) is 10.0 Å². The molecular weight excluding hydrogens is 369 g/mol. The van der Waals surface area contributed by atoms with Crippen LogP contribution in [0.2, 0.25) is 0 Å². The van der Waals surface area contributed by atoms with Gasteiger partial charge in [-0.2, -0.15) is 13.2 Å². The molecule has 0 heterocycles. The minimum Gasteiger partial charge on any atom is -0.348 e. The molecular formula is C17H17F3N2O3S. The molecule has 2 N–H and O–H groups in total. The largest absolute Gasteiger partial charge is 0.416 e. The van der Waals surface area contributed by atoms with E-state index in [1.807, 2.05) is 0 Å². The molecule has 0 aliphatic heterocycles. The van der Waals surface area contributed by atoms with E-state index in [1.54, 1.807) is 6.92 Å². The molecule has 2 aromatic rings. The number of sulfonamides is 1. The lowest BCUT2D eigenvalue weighted by Crippen LogP contribution is -2.25. The quantitative estimate of drug-likeness (QED) is 0.830.